The molecule has 1 N–H and O–H groups in total. The highest BCUT2D eigenvalue weighted by Crippen LogP contribution is 2.34. The Kier molecular flexibility index (Phi) is 10.2. The van der Waals surface area contributed by atoms with E-state index in [4.69, 9.17) is 0 Å². The zero-order chi connectivity index (χ0) is 22.8. The van der Waals surface area contributed by atoms with E-state index in [0.29, 0.717) is 24.4 Å². The molecule has 3 atom stereocenters. The number of esters is 1. The van der Waals surface area contributed by atoms with Crippen molar-refractivity contribution >= 4 is 46.0 Å². The summed E-state index contributed by atoms with van der Waals surface area (Å²) in [5.41, 5.74) is 1.23. The lowest BCUT2D eigenvalue weighted by Gasteiger charge is -2.15. The van der Waals surface area contributed by atoms with Crippen LogP contribution in [-0.2, 0) is 20.7 Å². The van der Waals surface area contributed by atoms with Crippen LogP contribution in [0.3, 0.4) is 0 Å². The van der Waals surface area contributed by atoms with Gasteiger partial charge >= 0.3 is 5.97 Å². The lowest BCUT2D eigenvalue weighted by molar-refractivity contribution is -0.137. The summed E-state index contributed by atoms with van der Waals surface area (Å²) in [7, 11) is 1.40. The number of ketones is 1. The number of methoxy groups -OCH3 is 1. The molecule has 0 amide bonds. The Labute approximate surface area is 199 Å². The molecule has 1 saturated carbocycles. The lowest BCUT2D eigenvalue weighted by atomic mass is 10.0. The van der Waals surface area contributed by atoms with E-state index in [1.807, 2.05) is 18.2 Å². The fourth-order valence-corrected chi connectivity index (χ4v) is 6.22. The van der Waals surface area contributed by atoms with Crippen LogP contribution in [0.2, 0.25) is 0 Å². The average molecular weight is 473 g/mol. The molecule has 0 heterocycles. The summed E-state index contributed by atoms with van der Waals surface area (Å²) in [5.74, 6) is 2.49. The summed E-state index contributed by atoms with van der Waals surface area (Å²) in [4.78, 5) is 23.4. The van der Waals surface area contributed by atoms with Crippen LogP contribution >= 0.6 is 23.5 Å². The first-order valence-corrected chi connectivity index (χ1v) is 13.4. The molecule has 172 valence electrons. The Morgan fingerprint density at radius 3 is 2.84 bits per heavy atom. The van der Waals surface area contributed by atoms with E-state index >= 15 is 0 Å². The number of Topliss-reactive ketones (excluding diaryl/α,β-unsaturated/α-hetero) is 1. The number of aliphatic hydroxyl groups excluding tert-OH is 1. The standard InChI is InChI=1S/C26H32O4S2/c1-30-25(29)18-31-15-4-16-32-26-21(11-14-24(26)28)10-13-23(27)12-8-19-7-9-20-5-2-3-6-22(20)17-19/h2-3,5-7,9-10,13,17,21,23,26-27H,4,8,11-12,14-16,18H2,1H3/b13-10+/t21-,23+,26+/m0/s1. The molecule has 0 radical (unpaired) electrons. The maximum absolute atomic E-state index is 12.3. The van der Waals surface area contributed by atoms with Gasteiger partial charge in [0.15, 0.2) is 0 Å². The molecule has 0 aliphatic heterocycles. The van der Waals surface area contributed by atoms with Crippen LogP contribution in [-0.4, -0.2) is 52.6 Å². The number of fused-ring (bicyclic) bond motifs is 1. The Bertz CT molecular complexity index is 927. The topological polar surface area (TPSA) is 63.6 Å². The summed E-state index contributed by atoms with van der Waals surface area (Å²) in [6.45, 7) is 0. The summed E-state index contributed by atoms with van der Waals surface area (Å²) in [6.07, 6.45) is 7.37. The predicted molar refractivity (Wildman–Crippen MR) is 135 cm³/mol. The Morgan fingerprint density at radius 2 is 2.03 bits per heavy atom. The highest BCUT2D eigenvalue weighted by atomic mass is 32.2. The van der Waals surface area contributed by atoms with Crippen molar-refractivity contribution in [3.05, 3.63) is 60.2 Å². The average Bonchev–Trinajstić information content (AvgIpc) is 3.17. The van der Waals surface area contributed by atoms with Crippen LogP contribution in [0.25, 0.3) is 10.8 Å². The molecule has 0 saturated heterocycles. The summed E-state index contributed by atoms with van der Waals surface area (Å²) >= 11 is 3.28. The number of rotatable bonds is 12. The number of benzene rings is 2. The molecule has 3 rings (SSSR count). The number of allylic oxidation sites excluding steroid dienone is 1. The molecule has 1 fully saturated rings. The van der Waals surface area contributed by atoms with E-state index in [-0.39, 0.29) is 17.1 Å². The third-order valence-corrected chi connectivity index (χ3v) is 8.24. The van der Waals surface area contributed by atoms with Gasteiger partial charge in [0, 0.05) is 6.42 Å². The van der Waals surface area contributed by atoms with E-state index in [1.165, 1.54) is 23.4 Å². The van der Waals surface area contributed by atoms with E-state index in [1.54, 1.807) is 23.5 Å². The number of carbonyl (C=O) groups excluding carboxylic acids is 2. The SMILES string of the molecule is COC(=O)CSCCCS[C@H]1C(=O)CC[C@@H]1/C=C/[C@H](O)CCc1ccc2ccccc2c1. The van der Waals surface area contributed by atoms with Gasteiger partial charge in [-0.1, -0.05) is 54.6 Å². The van der Waals surface area contributed by atoms with Crippen molar-refractivity contribution in [1.82, 2.24) is 0 Å². The normalized spacial score (nSPS) is 19.6. The van der Waals surface area contributed by atoms with Gasteiger partial charge in [0.25, 0.3) is 0 Å². The Balaban J connectivity index is 1.41. The van der Waals surface area contributed by atoms with Gasteiger partial charge < -0.3 is 9.84 Å². The summed E-state index contributed by atoms with van der Waals surface area (Å²) < 4.78 is 4.63. The molecule has 4 nitrogen and oxygen atoms in total. The van der Waals surface area contributed by atoms with Crippen molar-refractivity contribution in [3.63, 3.8) is 0 Å². The highest BCUT2D eigenvalue weighted by molar-refractivity contribution is 8.01. The fourth-order valence-electron chi connectivity index (χ4n) is 3.92. The zero-order valence-electron chi connectivity index (χ0n) is 18.6. The van der Waals surface area contributed by atoms with Gasteiger partial charge in [-0.2, -0.15) is 11.8 Å². The molecule has 1 aliphatic rings. The van der Waals surface area contributed by atoms with Gasteiger partial charge in [-0.3, -0.25) is 9.59 Å². The number of carbonyl (C=O) groups is 2. The number of hydrogen-bond donors (Lipinski definition) is 1. The van der Waals surface area contributed by atoms with E-state index in [0.717, 1.165) is 30.8 Å². The summed E-state index contributed by atoms with van der Waals surface area (Å²) in [6, 6.07) is 14.8. The monoisotopic (exact) mass is 472 g/mol. The second-order valence-electron chi connectivity index (χ2n) is 8.11. The fraction of sp³-hybridized carbons (Fsp3) is 0.462. The predicted octanol–water partition coefficient (Wildman–Crippen LogP) is 5.07. The molecule has 1 aliphatic carbocycles. The number of aryl methyl sites for hydroxylation is 1. The second kappa shape index (κ2) is 13.1. The minimum Gasteiger partial charge on any atom is -0.468 e. The van der Waals surface area contributed by atoms with Crippen LogP contribution in [0, 0.1) is 5.92 Å². The van der Waals surface area contributed by atoms with Crippen molar-refractivity contribution in [2.24, 2.45) is 5.92 Å². The molecule has 6 heteroatoms. The maximum Gasteiger partial charge on any atom is 0.315 e. The van der Waals surface area contributed by atoms with Crippen molar-refractivity contribution < 1.29 is 19.4 Å². The molecule has 2 aromatic rings. The van der Waals surface area contributed by atoms with Crippen molar-refractivity contribution in [1.29, 1.82) is 0 Å². The van der Waals surface area contributed by atoms with Crippen molar-refractivity contribution in [3.8, 4) is 0 Å². The first-order chi connectivity index (χ1) is 15.6. The smallest absolute Gasteiger partial charge is 0.315 e. The molecule has 0 aromatic heterocycles. The van der Waals surface area contributed by atoms with Gasteiger partial charge in [0.05, 0.1) is 24.2 Å². The van der Waals surface area contributed by atoms with Gasteiger partial charge in [-0.25, -0.2) is 0 Å². The lowest BCUT2D eigenvalue weighted by Crippen LogP contribution is -2.17. The van der Waals surface area contributed by atoms with E-state index < -0.39 is 6.10 Å². The molecule has 32 heavy (non-hydrogen) atoms. The quantitative estimate of drug-likeness (QED) is 0.264. The number of ether oxygens (including phenoxy) is 1. The highest BCUT2D eigenvalue weighted by Gasteiger charge is 2.33. The zero-order valence-corrected chi connectivity index (χ0v) is 20.2. The minimum atomic E-state index is -0.502. The number of aliphatic hydroxyl groups is 1. The Hall–Kier alpha value is -1.76. The van der Waals surface area contributed by atoms with Crippen LogP contribution in [0.15, 0.2) is 54.6 Å². The molecule has 0 bridgehead atoms. The first kappa shape index (κ1) is 24.9. The second-order valence-corrected chi connectivity index (χ2v) is 10.5. The van der Waals surface area contributed by atoms with Crippen LogP contribution in [0.5, 0.6) is 0 Å². The number of hydrogen-bond acceptors (Lipinski definition) is 6. The van der Waals surface area contributed by atoms with Gasteiger partial charge in [-0.15, -0.1) is 11.8 Å². The molecule has 0 spiro atoms. The van der Waals surface area contributed by atoms with Crippen LogP contribution < -0.4 is 0 Å². The van der Waals surface area contributed by atoms with Crippen molar-refractivity contribution in [2.45, 2.75) is 43.5 Å². The van der Waals surface area contributed by atoms with Crippen molar-refractivity contribution in [2.75, 3.05) is 24.4 Å². The largest absolute Gasteiger partial charge is 0.468 e. The van der Waals surface area contributed by atoms with Crippen LogP contribution in [0.1, 0.15) is 31.2 Å². The first-order valence-electron chi connectivity index (χ1n) is 11.2. The minimum absolute atomic E-state index is 0.00968. The van der Waals surface area contributed by atoms with Gasteiger partial charge in [-0.05, 0) is 59.4 Å². The molecular formula is C26H32O4S2. The maximum atomic E-state index is 12.3. The molecule has 0 unspecified atom stereocenters. The number of thioether (sulfide) groups is 2. The third kappa shape index (κ3) is 7.68. The van der Waals surface area contributed by atoms with Gasteiger partial charge in [0.2, 0.25) is 0 Å². The molecular weight excluding hydrogens is 440 g/mol. The van der Waals surface area contributed by atoms with E-state index in [2.05, 4.69) is 41.1 Å². The van der Waals surface area contributed by atoms with Gasteiger partial charge in [0.1, 0.15) is 5.78 Å². The summed E-state index contributed by atoms with van der Waals surface area (Å²) in [5, 5.41) is 12.9. The van der Waals surface area contributed by atoms with E-state index in [9.17, 15) is 14.7 Å². The molecule has 2 aromatic carbocycles. The third-order valence-electron chi connectivity index (χ3n) is 5.73. The van der Waals surface area contributed by atoms with Crippen LogP contribution in [0.4, 0.5) is 0 Å². The Morgan fingerprint density at radius 1 is 1.22 bits per heavy atom.